The van der Waals surface area contributed by atoms with Crippen LogP contribution in [0.2, 0.25) is 0 Å². The summed E-state index contributed by atoms with van der Waals surface area (Å²) in [6, 6.07) is 9.20. The van der Waals surface area contributed by atoms with Crippen LogP contribution in [0.15, 0.2) is 24.3 Å². The van der Waals surface area contributed by atoms with E-state index in [2.05, 4.69) is 34.6 Å². The molecule has 2 N–H and O–H groups in total. The Bertz CT molecular complexity index is 373. The lowest BCUT2D eigenvalue weighted by atomic mass is 9.98. The van der Waals surface area contributed by atoms with Gasteiger partial charge in [-0.25, -0.2) is 0 Å². The number of nitrogens with zero attached hydrogens (tertiary/aromatic N) is 1. The highest BCUT2D eigenvalue weighted by Crippen LogP contribution is 2.23. The number of benzene rings is 1. The lowest BCUT2D eigenvalue weighted by Crippen LogP contribution is -2.51. The SMILES string of the molecule is CNC(c1ccc(OC)cc1)C(C)N1CCNCC1. The molecule has 1 saturated heterocycles. The van der Waals surface area contributed by atoms with Gasteiger partial charge in [-0.05, 0) is 31.7 Å². The quantitative estimate of drug-likeness (QED) is 0.838. The van der Waals surface area contributed by atoms with Gasteiger partial charge in [0.1, 0.15) is 5.75 Å². The predicted molar refractivity (Wildman–Crippen MR) is 78.7 cm³/mol. The Morgan fingerprint density at radius 3 is 2.37 bits per heavy atom. The van der Waals surface area contributed by atoms with E-state index in [-0.39, 0.29) is 0 Å². The fraction of sp³-hybridized carbons (Fsp3) is 0.600. The van der Waals surface area contributed by atoms with Crippen LogP contribution in [-0.2, 0) is 0 Å². The first-order valence-corrected chi connectivity index (χ1v) is 7.02. The third kappa shape index (κ3) is 3.47. The number of likely N-dealkylation sites (N-methyl/N-ethyl adjacent to an activating group) is 1. The van der Waals surface area contributed by atoms with Crippen LogP contribution in [0.25, 0.3) is 0 Å². The van der Waals surface area contributed by atoms with Crippen molar-refractivity contribution in [2.75, 3.05) is 40.3 Å². The number of nitrogens with one attached hydrogen (secondary N) is 2. The Balaban J connectivity index is 2.08. The van der Waals surface area contributed by atoms with Crippen LogP contribution in [-0.4, -0.2) is 51.3 Å². The van der Waals surface area contributed by atoms with Crippen LogP contribution in [0.5, 0.6) is 5.75 Å². The molecule has 1 aliphatic heterocycles. The molecule has 0 saturated carbocycles. The molecule has 0 bridgehead atoms. The highest BCUT2D eigenvalue weighted by atomic mass is 16.5. The maximum atomic E-state index is 5.22. The molecule has 0 aliphatic carbocycles. The molecule has 19 heavy (non-hydrogen) atoms. The summed E-state index contributed by atoms with van der Waals surface area (Å²) in [5, 5.41) is 6.85. The molecule has 2 rings (SSSR count). The van der Waals surface area contributed by atoms with Gasteiger partial charge in [0.05, 0.1) is 7.11 Å². The van der Waals surface area contributed by atoms with Gasteiger partial charge in [0, 0.05) is 38.3 Å². The van der Waals surface area contributed by atoms with Crippen molar-refractivity contribution in [3.8, 4) is 5.75 Å². The zero-order valence-corrected chi connectivity index (χ0v) is 12.1. The van der Waals surface area contributed by atoms with E-state index in [4.69, 9.17) is 4.74 Å². The zero-order valence-electron chi connectivity index (χ0n) is 12.1. The molecule has 2 atom stereocenters. The Labute approximate surface area is 116 Å². The second kappa shape index (κ2) is 6.89. The fourth-order valence-electron chi connectivity index (χ4n) is 2.80. The Morgan fingerprint density at radius 1 is 1.21 bits per heavy atom. The first kappa shape index (κ1) is 14.3. The van der Waals surface area contributed by atoms with Gasteiger partial charge in [-0.15, -0.1) is 0 Å². The van der Waals surface area contributed by atoms with E-state index in [1.54, 1.807) is 7.11 Å². The summed E-state index contributed by atoms with van der Waals surface area (Å²) in [4.78, 5) is 2.54. The molecule has 1 heterocycles. The number of hydrogen-bond acceptors (Lipinski definition) is 4. The van der Waals surface area contributed by atoms with E-state index >= 15 is 0 Å². The molecule has 0 radical (unpaired) electrons. The van der Waals surface area contributed by atoms with Gasteiger partial charge in [-0.2, -0.15) is 0 Å². The standard InChI is InChI=1S/C15H25N3O/c1-12(18-10-8-17-9-11-18)15(16-2)13-4-6-14(19-3)7-5-13/h4-7,12,15-17H,8-11H2,1-3H3. The van der Waals surface area contributed by atoms with Crippen LogP contribution < -0.4 is 15.4 Å². The average molecular weight is 263 g/mol. The van der Waals surface area contributed by atoms with Crippen LogP contribution >= 0.6 is 0 Å². The van der Waals surface area contributed by atoms with Crippen LogP contribution in [0.4, 0.5) is 0 Å². The van der Waals surface area contributed by atoms with Crippen molar-refractivity contribution in [3.63, 3.8) is 0 Å². The molecule has 0 aromatic heterocycles. The molecule has 4 heteroatoms. The number of rotatable bonds is 5. The van der Waals surface area contributed by atoms with Crippen molar-refractivity contribution in [2.24, 2.45) is 0 Å². The van der Waals surface area contributed by atoms with E-state index in [0.29, 0.717) is 12.1 Å². The Morgan fingerprint density at radius 2 is 1.84 bits per heavy atom. The van der Waals surface area contributed by atoms with Crippen molar-refractivity contribution < 1.29 is 4.74 Å². The van der Waals surface area contributed by atoms with E-state index < -0.39 is 0 Å². The minimum Gasteiger partial charge on any atom is -0.497 e. The van der Waals surface area contributed by atoms with Crippen LogP contribution in [0, 0.1) is 0 Å². The van der Waals surface area contributed by atoms with Gasteiger partial charge in [-0.1, -0.05) is 12.1 Å². The molecule has 0 amide bonds. The second-order valence-electron chi connectivity index (χ2n) is 5.07. The summed E-state index contributed by atoms with van der Waals surface area (Å²) >= 11 is 0. The van der Waals surface area contributed by atoms with Crippen LogP contribution in [0.3, 0.4) is 0 Å². The summed E-state index contributed by atoms with van der Waals surface area (Å²) in [6.45, 7) is 6.72. The maximum Gasteiger partial charge on any atom is 0.118 e. The molecule has 0 spiro atoms. The van der Waals surface area contributed by atoms with Gasteiger partial charge in [-0.3, -0.25) is 4.90 Å². The first-order chi connectivity index (χ1) is 9.26. The Hall–Kier alpha value is -1.10. The molecular weight excluding hydrogens is 238 g/mol. The molecule has 106 valence electrons. The van der Waals surface area contributed by atoms with E-state index in [9.17, 15) is 0 Å². The molecule has 1 aliphatic rings. The highest BCUT2D eigenvalue weighted by Gasteiger charge is 2.24. The number of methoxy groups -OCH3 is 1. The predicted octanol–water partition coefficient (Wildman–Crippen LogP) is 1.25. The summed E-state index contributed by atoms with van der Waals surface area (Å²) in [7, 11) is 3.74. The largest absolute Gasteiger partial charge is 0.497 e. The minimum absolute atomic E-state index is 0.351. The van der Waals surface area contributed by atoms with Crippen LogP contribution in [0.1, 0.15) is 18.5 Å². The van der Waals surface area contributed by atoms with Crippen molar-refractivity contribution in [2.45, 2.75) is 19.0 Å². The number of hydrogen-bond donors (Lipinski definition) is 2. The molecule has 1 aromatic carbocycles. The molecule has 4 nitrogen and oxygen atoms in total. The first-order valence-electron chi connectivity index (χ1n) is 7.02. The smallest absolute Gasteiger partial charge is 0.118 e. The van der Waals surface area contributed by atoms with Crippen molar-refractivity contribution in [1.82, 2.24) is 15.5 Å². The zero-order chi connectivity index (χ0) is 13.7. The topological polar surface area (TPSA) is 36.5 Å². The lowest BCUT2D eigenvalue weighted by molar-refractivity contribution is 0.153. The van der Waals surface area contributed by atoms with Gasteiger partial charge < -0.3 is 15.4 Å². The third-order valence-electron chi connectivity index (χ3n) is 4.00. The minimum atomic E-state index is 0.351. The van der Waals surface area contributed by atoms with Gasteiger partial charge in [0.25, 0.3) is 0 Å². The summed E-state index contributed by atoms with van der Waals surface area (Å²) in [6.07, 6.45) is 0. The van der Waals surface area contributed by atoms with Crippen molar-refractivity contribution >= 4 is 0 Å². The molecule has 1 fully saturated rings. The Kier molecular flexibility index (Phi) is 5.19. The summed E-state index contributed by atoms with van der Waals surface area (Å²) in [5.41, 5.74) is 1.31. The lowest BCUT2D eigenvalue weighted by Gasteiger charge is -2.37. The molecule has 1 aromatic rings. The van der Waals surface area contributed by atoms with Gasteiger partial charge in [0.2, 0.25) is 0 Å². The van der Waals surface area contributed by atoms with E-state index in [1.807, 2.05) is 19.2 Å². The van der Waals surface area contributed by atoms with Crippen molar-refractivity contribution in [3.05, 3.63) is 29.8 Å². The summed E-state index contributed by atoms with van der Waals surface area (Å²) < 4.78 is 5.22. The normalized spacial score (nSPS) is 19.9. The molecule has 2 unspecified atom stereocenters. The number of ether oxygens (including phenoxy) is 1. The molecular formula is C15H25N3O. The van der Waals surface area contributed by atoms with E-state index in [0.717, 1.165) is 31.9 Å². The third-order valence-corrected chi connectivity index (χ3v) is 4.00. The monoisotopic (exact) mass is 263 g/mol. The average Bonchev–Trinajstić information content (AvgIpc) is 2.49. The van der Waals surface area contributed by atoms with Gasteiger partial charge >= 0.3 is 0 Å². The summed E-state index contributed by atoms with van der Waals surface area (Å²) in [5.74, 6) is 0.911. The van der Waals surface area contributed by atoms with Gasteiger partial charge in [0.15, 0.2) is 0 Å². The number of piperazine rings is 1. The highest BCUT2D eigenvalue weighted by molar-refractivity contribution is 5.29. The van der Waals surface area contributed by atoms with E-state index in [1.165, 1.54) is 5.56 Å². The second-order valence-corrected chi connectivity index (χ2v) is 5.07. The van der Waals surface area contributed by atoms with Crippen molar-refractivity contribution in [1.29, 1.82) is 0 Å². The fourth-order valence-corrected chi connectivity index (χ4v) is 2.80. The maximum absolute atomic E-state index is 5.22.